The molecule has 0 aliphatic carbocycles. The third-order valence-corrected chi connectivity index (χ3v) is 5.93. The topological polar surface area (TPSA) is 55.4 Å². The van der Waals surface area contributed by atoms with E-state index in [1.807, 2.05) is 10.8 Å². The van der Waals surface area contributed by atoms with Gasteiger partial charge in [0.25, 0.3) is 10.0 Å². The molecule has 3 aromatic carbocycles. The normalized spacial score (nSPS) is 11.9. The van der Waals surface area contributed by atoms with Gasteiger partial charge in [0.2, 0.25) is 0 Å². The molecular formula is C19H12BrClF3NO3S. The minimum absolute atomic E-state index is 0.162. The van der Waals surface area contributed by atoms with Gasteiger partial charge in [0.15, 0.2) is 0 Å². The Morgan fingerprint density at radius 3 is 2.28 bits per heavy atom. The van der Waals surface area contributed by atoms with E-state index in [0.29, 0.717) is 22.0 Å². The lowest BCUT2D eigenvalue weighted by Gasteiger charge is -2.16. The van der Waals surface area contributed by atoms with Crippen LogP contribution in [-0.4, -0.2) is 8.42 Å². The Labute approximate surface area is 178 Å². The number of ether oxygens (including phenoxy) is 1. The fraction of sp³-hybridized carbons (Fsp3) is 0.0526. The molecule has 0 radical (unpaired) electrons. The average Bonchev–Trinajstić information content (AvgIpc) is 2.64. The van der Waals surface area contributed by atoms with E-state index in [4.69, 9.17) is 16.3 Å². The second-order valence-corrected chi connectivity index (χ2v) is 8.77. The van der Waals surface area contributed by atoms with Gasteiger partial charge in [-0.15, -0.1) is 0 Å². The van der Waals surface area contributed by atoms with Crippen LogP contribution < -0.4 is 9.46 Å². The van der Waals surface area contributed by atoms with Gasteiger partial charge in [-0.2, -0.15) is 13.2 Å². The van der Waals surface area contributed by atoms with Crippen molar-refractivity contribution in [3.05, 3.63) is 81.8 Å². The number of rotatable bonds is 5. The number of nitrogens with one attached hydrogen (secondary N) is 1. The van der Waals surface area contributed by atoms with Crippen molar-refractivity contribution in [3.8, 4) is 11.5 Å². The Kier molecular flexibility index (Phi) is 6.11. The summed E-state index contributed by atoms with van der Waals surface area (Å²) in [6.45, 7) is 0. The predicted octanol–water partition coefficient (Wildman–Crippen LogP) is 6.71. The van der Waals surface area contributed by atoms with Crippen LogP contribution in [0.4, 0.5) is 18.9 Å². The summed E-state index contributed by atoms with van der Waals surface area (Å²) in [5, 5.41) is -0.162. The molecule has 0 saturated heterocycles. The average molecular weight is 507 g/mol. The first kappa shape index (κ1) is 21.5. The lowest BCUT2D eigenvalue weighted by molar-refractivity contribution is -0.136. The molecule has 0 aromatic heterocycles. The molecule has 0 bridgehead atoms. The van der Waals surface area contributed by atoms with E-state index < -0.39 is 27.5 Å². The molecule has 0 spiro atoms. The van der Waals surface area contributed by atoms with Crippen LogP contribution in [0.5, 0.6) is 11.5 Å². The van der Waals surface area contributed by atoms with Crippen molar-refractivity contribution in [1.29, 1.82) is 0 Å². The van der Waals surface area contributed by atoms with Crippen LogP contribution in [-0.2, 0) is 16.2 Å². The number of benzene rings is 3. The van der Waals surface area contributed by atoms with Gasteiger partial charge in [0, 0.05) is 5.02 Å². The van der Waals surface area contributed by atoms with Crippen molar-refractivity contribution in [2.24, 2.45) is 0 Å². The van der Waals surface area contributed by atoms with Crippen LogP contribution in [0.15, 0.2) is 76.1 Å². The van der Waals surface area contributed by atoms with Crippen molar-refractivity contribution in [3.63, 3.8) is 0 Å². The number of alkyl halides is 3. The molecule has 0 aliphatic heterocycles. The highest BCUT2D eigenvalue weighted by Gasteiger charge is 2.35. The van der Waals surface area contributed by atoms with E-state index in [2.05, 4.69) is 15.9 Å². The van der Waals surface area contributed by atoms with Crippen molar-refractivity contribution < 1.29 is 26.3 Å². The van der Waals surface area contributed by atoms with E-state index >= 15 is 0 Å². The molecule has 152 valence electrons. The lowest BCUT2D eigenvalue weighted by atomic mass is 10.2. The summed E-state index contributed by atoms with van der Waals surface area (Å²) in [5.74, 6) is 0.885. The Morgan fingerprint density at radius 2 is 1.66 bits per heavy atom. The molecule has 0 atom stereocenters. The molecule has 1 N–H and O–H groups in total. The van der Waals surface area contributed by atoms with E-state index in [1.165, 1.54) is 24.3 Å². The van der Waals surface area contributed by atoms with E-state index in [9.17, 15) is 21.6 Å². The molecule has 0 unspecified atom stereocenters. The fourth-order valence-electron chi connectivity index (χ4n) is 2.39. The van der Waals surface area contributed by atoms with Gasteiger partial charge in [-0.3, -0.25) is 4.72 Å². The van der Waals surface area contributed by atoms with Crippen LogP contribution in [0.1, 0.15) is 5.56 Å². The first-order chi connectivity index (χ1) is 13.6. The monoisotopic (exact) mass is 505 g/mol. The molecule has 0 aliphatic rings. The number of hydrogen-bond donors (Lipinski definition) is 1. The smallest absolute Gasteiger partial charge is 0.418 e. The maximum absolute atomic E-state index is 13.2. The second kappa shape index (κ2) is 8.25. The van der Waals surface area contributed by atoms with Crippen LogP contribution in [0, 0.1) is 0 Å². The quantitative estimate of drug-likeness (QED) is 0.418. The molecular weight excluding hydrogens is 495 g/mol. The fourth-order valence-corrected chi connectivity index (χ4v) is 4.28. The predicted molar refractivity (Wildman–Crippen MR) is 108 cm³/mol. The third-order valence-electron chi connectivity index (χ3n) is 3.72. The minimum Gasteiger partial charge on any atom is -0.456 e. The first-order valence-corrected chi connectivity index (χ1v) is 10.6. The van der Waals surface area contributed by atoms with Gasteiger partial charge in [-0.05, 0) is 64.5 Å². The van der Waals surface area contributed by atoms with Gasteiger partial charge in [0.05, 0.1) is 20.6 Å². The van der Waals surface area contributed by atoms with Crippen LogP contribution in [0.25, 0.3) is 0 Å². The van der Waals surface area contributed by atoms with Crippen molar-refractivity contribution in [2.45, 2.75) is 11.1 Å². The number of sulfonamides is 1. The van der Waals surface area contributed by atoms with Crippen molar-refractivity contribution in [2.75, 3.05) is 4.72 Å². The van der Waals surface area contributed by atoms with E-state index in [-0.39, 0.29) is 9.92 Å². The standard InChI is InChI=1S/C19H12BrClF3NO3S/c20-16-11-14(7-9-18(16)28-13-4-2-1-3-5-13)29(26,27)25-17-8-6-12(21)10-15(17)19(22,23)24/h1-11,25H. The number of hydrogen-bond acceptors (Lipinski definition) is 3. The Morgan fingerprint density at radius 1 is 0.966 bits per heavy atom. The summed E-state index contributed by atoms with van der Waals surface area (Å²) in [7, 11) is -4.30. The molecule has 0 heterocycles. The summed E-state index contributed by atoms with van der Waals surface area (Å²) < 4.78 is 72.8. The molecule has 29 heavy (non-hydrogen) atoms. The third kappa shape index (κ3) is 5.23. The SMILES string of the molecule is O=S(=O)(Nc1ccc(Cl)cc1C(F)(F)F)c1ccc(Oc2ccccc2)c(Br)c1. The molecule has 10 heteroatoms. The zero-order valence-electron chi connectivity index (χ0n) is 14.4. The van der Waals surface area contributed by atoms with Gasteiger partial charge in [0.1, 0.15) is 11.5 Å². The first-order valence-electron chi connectivity index (χ1n) is 7.98. The van der Waals surface area contributed by atoms with E-state index in [1.54, 1.807) is 24.3 Å². The Balaban J connectivity index is 1.90. The summed E-state index contributed by atoms with van der Waals surface area (Å²) in [6.07, 6.45) is -4.78. The van der Waals surface area contributed by atoms with Gasteiger partial charge >= 0.3 is 6.18 Å². The van der Waals surface area contributed by atoms with Crippen LogP contribution >= 0.6 is 27.5 Å². The largest absolute Gasteiger partial charge is 0.456 e. The van der Waals surface area contributed by atoms with Crippen molar-refractivity contribution >= 4 is 43.2 Å². The summed E-state index contributed by atoms with van der Waals surface area (Å²) in [4.78, 5) is -0.243. The maximum Gasteiger partial charge on any atom is 0.418 e. The van der Waals surface area contributed by atoms with Crippen LogP contribution in [0.3, 0.4) is 0 Å². The highest BCUT2D eigenvalue weighted by atomic mass is 79.9. The summed E-state index contributed by atoms with van der Waals surface area (Å²) in [5.41, 5.74) is -1.81. The zero-order chi connectivity index (χ0) is 21.2. The molecule has 0 fully saturated rings. The van der Waals surface area contributed by atoms with Gasteiger partial charge in [-0.1, -0.05) is 29.8 Å². The van der Waals surface area contributed by atoms with Gasteiger partial charge in [-0.25, -0.2) is 8.42 Å². The highest BCUT2D eigenvalue weighted by molar-refractivity contribution is 9.10. The molecule has 0 amide bonds. The molecule has 0 saturated carbocycles. The number of para-hydroxylation sites is 1. The lowest BCUT2D eigenvalue weighted by Crippen LogP contribution is -2.17. The summed E-state index contributed by atoms with van der Waals surface area (Å²) in [6, 6.07) is 15.5. The molecule has 4 nitrogen and oxygen atoms in total. The highest BCUT2D eigenvalue weighted by Crippen LogP contribution is 2.38. The Bertz CT molecular complexity index is 1140. The van der Waals surface area contributed by atoms with Crippen molar-refractivity contribution in [1.82, 2.24) is 0 Å². The Hall–Kier alpha value is -2.23. The number of anilines is 1. The van der Waals surface area contributed by atoms with E-state index in [0.717, 1.165) is 6.07 Å². The maximum atomic E-state index is 13.2. The van der Waals surface area contributed by atoms with Gasteiger partial charge < -0.3 is 4.74 Å². The van der Waals surface area contributed by atoms with Crippen LogP contribution in [0.2, 0.25) is 5.02 Å². The zero-order valence-corrected chi connectivity index (χ0v) is 17.5. The molecule has 3 rings (SSSR count). The molecule has 3 aromatic rings. The summed E-state index contributed by atoms with van der Waals surface area (Å²) >= 11 is 8.84. The second-order valence-electron chi connectivity index (χ2n) is 5.80. The number of halogens is 5. The minimum atomic E-state index is -4.78.